The van der Waals surface area contributed by atoms with E-state index in [1.807, 2.05) is 18.7 Å². The minimum atomic E-state index is -3.50. The monoisotopic (exact) mass is 317 g/mol. The highest BCUT2D eigenvalue weighted by molar-refractivity contribution is 7.91. The first-order valence-corrected chi connectivity index (χ1v) is 8.81. The predicted molar refractivity (Wildman–Crippen MR) is 81.1 cm³/mol. The summed E-state index contributed by atoms with van der Waals surface area (Å²) in [6.07, 6.45) is 1.13. The zero-order chi connectivity index (χ0) is 15.8. The molecular weight excluding hydrogens is 294 g/mol. The third-order valence-electron chi connectivity index (χ3n) is 3.47. The topological polar surface area (TPSA) is 113 Å². The summed E-state index contributed by atoms with van der Waals surface area (Å²) in [6.45, 7) is 5.41. The molecule has 0 radical (unpaired) electrons. The van der Waals surface area contributed by atoms with Crippen molar-refractivity contribution in [3.05, 3.63) is 0 Å². The highest BCUT2D eigenvalue weighted by Crippen LogP contribution is 2.31. The van der Waals surface area contributed by atoms with Crippen molar-refractivity contribution in [2.24, 2.45) is 0 Å². The number of hydrogen-bond acceptors (Lipinski definition) is 7. The highest BCUT2D eigenvalue weighted by Gasteiger charge is 2.31. The van der Waals surface area contributed by atoms with Crippen LogP contribution >= 0.6 is 0 Å². The van der Waals surface area contributed by atoms with Crippen LogP contribution in [0.15, 0.2) is 4.90 Å². The summed E-state index contributed by atoms with van der Waals surface area (Å²) in [4.78, 5) is 1.99. The van der Waals surface area contributed by atoms with E-state index in [4.69, 9.17) is 10.8 Å². The van der Waals surface area contributed by atoms with Crippen molar-refractivity contribution in [3.8, 4) is 0 Å². The molecule has 1 fully saturated rings. The van der Waals surface area contributed by atoms with E-state index in [-0.39, 0.29) is 35.9 Å². The Balaban J connectivity index is 2.49. The largest absolute Gasteiger partial charge is 0.394 e. The lowest BCUT2D eigenvalue weighted by atomic mass is 10.1. The fourth-order valence-electron chi connectivity index (χ4n) is 2.77. The van der Waals surface area contributed by atoms with Crippen LogP contribution in [0.5, 0.6) is 0 Å². The Morgan fingerprint density at radius 3 is 2.43 bits per heavy atom. The molecular formula is C12H23N5O3S. The zero-order valence-corrected chi connectivity index (χ0v) is 13.4. The van der Waals surface area contributed by atoms with Gasteiger partial charge in [-0.3, -0.25) is 0 Å². The molecule has 0 spiro atoms. The third-order valence-corrected chi connectivity index (χ3v) is 4.60. The number of piperazine rings is 1. The molecule has 1 saturated heterocycles. The van der Waals surface area contributed by atoms with Gasteiger partial charge in [-0.2, -0.15) is 5.10 Å². The van der Waals surface area contributed by atoms with Gasteiger partial charge >= 0.3 is 0 Å². The molecule has 21 heavy (non-hydrogen) atoms. The molecule has 0 bridgehead atoms. The van der Waals surface area contributed by atoms with E-state index in [2.05, 4.69) is 10.4 Å². The Hall–Kier alpha value is -1.32. The fraction of sp³-hybridized carbons (Fsp3) is 0.750. The number of aromatic nitrogens is 2. The summed E-state index contributed by atoms with van der Waals surface area (Å²) >= 11 is 0. The first kappa shape index (κ1) is 16.1. The van der Waals surface area contributed by atoms with E-state index >= 15 is 0 Å². The molecule has 0 aliphatic carbocycles. The summed E-state index contributed by atoms with van der Waals surface area (Å²) in [6, 6.07) is 0.454. The molecule has 0 aromatic carbocycles. The molecule has 8 nitrogen and oxygen atoms in total. The van der Waals surface area contributed by atoms with Gasteiger partial charge in [0.2, 0.25) is 0 Å². The number of aliphatic hydroxyl groups is 1. The van der Waals surface area contributed by atoms with E-state index in [0.717, 1.165) is 6.26 Å². The van der Waals surface area contributed by atoms with E-state index < -0.39 is 9.84 Å². The molecule has 0 saturated carbocycles. The Morgan fingerprint density at radius 1 is 1.38 bits per heavy atom. The van der Waals surface area contributed by atoms with Crippen molar-refractivity contribution in [2.75, 3.05) is 36.6 Å². The second kappa shape index (κ2) is 5.82. The highest BCUT2D eigenvalue weighted by atomic mass is 32.2. The molecule has 1 aromatic rings. The van der Waals surface area contributed by atoms with Gasteiger partial charge in [0, 0.05) is 31.4 Å². The number of nitrogens with zero attached hydrogens (tertiary/aromatic N) is 3. The van der Waals surface area contributed by atoms with Gasteiger partial charge in [-0.25, -0.2) is 13.1 Å². The van der Waals surface area contributed by atoms with Gasteiger partial charge in [-0.1, -0.05) is 0 Å². The minimum absolute atomic E-state index is 0.0530. The molecule has 2 heterocycles. The lowest BCUT2D eigenvalue weighted by Crippen LogP contribution is -2.54. The number of sulfone groups is 1. The van der Waals surface area contributed by atoms with Crippen LogP contribution in [0.4, 0.5) is 11.6 Å². The molecule has 4 N–H and O–H groups in total. The van der Waals surface area contributed by atoms with Crippen LogP contribution in [0.3, 0.4) is 0 Å². The van der Waals surface area contributed by atoms with E-state index in [1.165, 1.54) is 4.68 Å². The predicted octanol–water partition coefficient (Wildman–Crippen LogP) is -0.952. The standard InChI is InChI=1S/C12H23N5O3S/c1-8-6-16(7-9(2)14-8)12-10(21(3,19)20)11(13)17(15-12)4-5-18/h8-9,14,18H,4-7,13H2,1-3H3. The maximum atomic E-state index is 12.1. The van der Waals surface area contributed by atoms with Crippen molar-refractivity contribution < 1.29 is 13.5 Å². The molecule has 1 aromatic heterocycles. The number of hydrogen-bond donors (Lipinski definition) is 3. The number of rotatable bonds is 4. The van der Waals surface area contributed by atoms with Crippen LogP contribution in [0, 0.1) is 0 Å². The van der Waals surface area contributed by atoms with Crippen molar-refractivity contribution >= 4 is 21.5 Å². The van der Waals surface area contributed by atoms with Gasteiger partial charge in [-0.05, 0) is 13.8 Å². The SMILES string of the molecule is CC1CN(c2nn(CCO)c(N)c2S(C)(=O)=O)CC(C)N1. The summed E-state index contributed by atoms with van der Waals surface area (Å²) in [7, 11) is -3.50. The first-order valence-electron chi connectivity index (χ1n) is 6.92. The van der Waals surface area contributed by atoms with Crippen LogP contribution in [0.1, 0.15) is 13.8 Å². The quantitative estimate of drug-likeness (QED) is 0.656. The van der Waals surface area contributed by atoms with Crippen LogP contribution in [0.25, 0.3) is 0 Å². The van der Waals surface area contributed by atoms with E-state index in [1.54, 1.807) is 0 Å². The molecule has 2 atom stereocenters. The Bertz CT molecular complexity index is 603. The Labute approximate surface area is 124 Å². The van der Waals surface area contributed by atoms with Gasteiger partial charge in [0.15, 0.2) is 20.6 Å². The second-order valence-electron chi connectivity index (χ2n) is 5.63. The van der Waals surface area contributed by atoms with Crippen molar-refractivity contribution in [1.29, 1.82) is 0 Å². The molecule has 9 heteroatoms. The van der Waals surface area contributed by atoms with Crippen LogP contribution < -0.4 is 16.0 Å². The van der Waals surface area contributed by atoms with Gasteiger partial charge < -0.3 is 21.1 Å². The lowest BCUT2D eigenvalue weighted by molar-refractivity contribution is 0.270. The minimum Gasteiger partial charge on any atom is -0.394 e. The first-order chi connectivity index (χ1) is 9.74. The number of aliphatic hydroxyl groups excluding tert-OH is 1. The van der Waals surface area contributed by atoms with Crippen molar-refractivity contribution in [1.82, 2.24) is 15.1 Å². The summed E-state index contributed by atoms with van der Waals surface area (Å²) in [5.41, 5.74) is 5.92. The lowest BCUT2D eigenvalue weighted by Gasteiger charge is -2.36. The van der Waals surface area contributed by atoms with Crippen molar-refractivity contribution in [3.63, 3.8) is 0 Å². The third kappa shape index (κ3) is 3.30. The summed E-state index contributed by atoms with van der Waals surface area (Å²) in [5, 5.41) is 16.7. The van der Waals surface area contributed by atoms with Gasteiger partial charge in [-0.15, -0.1) is 0 Å². The van der Waals surface area contributed by atoms with Crippen LogP contribution in [0.2, 0.25) is 0 Å². The van der Waals surface area contributed by atoms with Crippen LogP contribution in [-0.2, 0) is 16.4 Å². The average molecular weight is 317 g/mol. The Morgan fingerprint density at radius 2 is 1.95 bits per heavy atom. The van der Waals surface area contributed by atoms with Crippen LogP contribution in [-0.4, -0.2) is 61.3 Å². The summed E-state index contributed by atoms with van der Waals surface area (Å²) < 4.78 is 25.5. The average Bonchev–Trinajstić information content (AvgIpc) is 2.66. The smallest absolute Gasteiger partial charge is 0.182 e. The van der Waals surface area contributed by atoms with Gasteiger partial charge in [0.25, 0.3) is 0 Å². The molecule has 1 aliphatic rings. The number of nitrogens with one attached hydrogen (secondary N) is 1. The maximum absolute atomic E-state index is 12.1. The van der Waals surface area contributed by atoms with Crippen molar-refractivity contribution in [2.45, 2.75) is 37.4 Å². The normalized spacial score (nSPS) is 23.5. The van der Waals surface area contributed by atoms with Gasteiger partial charge in [0.1, 0.15) is 5.82 Å². The molecule has 2 rings (SSSR count). The maximum Gasteiger partial charge on any atom is 0.182 e. The summed E-state index contributed by atoms with van der Waals surface area (Å²) in [5.74, 6) is 0.462. The van der Waals surface area contributed by atoms with E-state index in [0.29, 0.717) is 18.9 Å². The molecule has 0 amide bonds. The zero-order valence-electron chi connectivity index (χ0n) is 12.6. The Kier molecular flexibility index (Phi) is 4.45. The number of nitrogen functional groups attached to an aromatic ring is 1. The molecule has 120 valence electrons. The molecule has 2 unspecified atom stereocenters. The second-order valence-corrected chi connectivity index (χ2v) is 7.58. The number of nitrogens with two attached hydrogens (primary N) is 1. The van der Waals surface area contributed by atoms with Gasteiger partial charge in [0.05, 0.1) is 13.2 Å². The number of anilines is 2. The van der Waals surface area contributed by atoms with E-state index in [9.17, 15) is 8.42 Å². The fourth-order valence-corrected chi connectivity index (χ4v) is 3.76. The molecule has 1 aliphatic heterocycles.